The summed E-state index contributed by atoms with van der Waals surface area (Å²) in [7, 11) is 0. The number of fused-ring (bicyclic) bond motifs is 2. The number of para-hydroxylation sites is 2. The van der Waals surface area contributed by atoms with Crippen molar-refractivity contribution in [2.75, 3.05) is 37.6 Å². The summed E-state index contributed by atoms with van der Waals surface area (Å²) < 4.78 is 6.19. The number of nitrogens with zero attached hydrogens (tertiary/aromatic N) is 3. The van der Waals surface area contributed by atoms with Crippen LogP contribution in [0.25, 0.3) is 0 Å². The van der Waals surface area contributed by atoms with E-state index in [9.17, 15) is 0 Å². The molecule has 0 unspecified atom stereocenters. The molecule has 0 N–H and O–H groups in total. The zero-order valence-electron chi connectivity index (χ0n) is 17.6. The zero-order valence-corrected chi connectivity index (χ0v) is 17.6. The SMILES string of the molecule is CCCCCCCCN1CCN(c2cccc3c2C=Nc2ccccc2O3)CC1. The van der Waals surface area contributed by atoms with Gasteiger partial charge in [0.15, 0.2) is 5.75 Å². The van der Waals surface area contributed by atoms with E-state index in [1.165, 1.54) is 50.8 Å². The molecule has 0 aliphatic carbocycles. The van der Waals surface area contributed by atoms with Gasteiger partial charge in [-0.15, -0.1) is 0 Å². The highest BCUT2D eigenvalue weighted by atomic mass is 16.5. The Labute approximate surface area is 175 Å². The highest BCUT2D eigenvalue weighted by Crippen LogP contribution is 2.38. The third-order valence-electron chi connectivity index (χ3n) is 6.00. The molecule has 29 heavy (non-hydrogen) atoms. The fourth-order valence-electron chi connectivity index (χ4n) is 4.26. The number of rotatable bonds is 8. The van der Waals surface area contributed by atoms with Gasteiger partial charge in [-0.3, -0.25) is 9.89 Å². The van der Waals surface area contributed by atoms with Gasteiger partial charge in [0.2, 0.25) is 0 Å². The highest BCUT2D eigenvalue weighted by Gasteiger charge is 2.21. The van der Waals surface area contributed by atoms with Crippen LogP contribution in [0.1, 0.15) is 51.0 Å². The molecule has 4 nitrogen and oxygen atoms in total. The molecule has 2 aromatic rings. The monoisotopic (exact) mass is 391 g/mol. The molecule has 0 atom stereocenters. The zero-order chi connectivity index (χ0) is 19.9. The number of ether oxygens (including phenoxy) is 1. The molecule has 2 heterocycles. The molecule has 0 radical (unpaired) electrons. The minimum absolute atomic E-state index is 0.823. The molecule has 4 heteroatoms. The first-order valence-electron chi connectivity index (χ1n) is 11.3. The van der Waals surface area contributed by atoms with Crippen molar-refractivity contribution in [2.24, 2.45) is 4.99 Å². The summed E-state index contributed by atoms with van der Waals surface area (Å²) in [6, 6.07) is 14.3. The van der Waals surface area contributed by atoms with Crippen molar-refractivity contribution in [1.29, 1.82) is 0 Å². The molecular weight excluding hydrogens is 358 g/mol. The first kappa shape index (κ1) is 20.0. The van der Waals surface area contributed by atoms with Crippen LogP contribution in [0.5, 0.6) is 11.5 Å². The van der Waals surface area contributed by atoms with Crippen molar-refractivity contribution in [3.05, 3.63) is 48.0 Å². The van der Waals surface area contributed by atoms with Crippen LogP contribution < -0.4 is 9.64 Å². The fourth-order valence-corrected chi connectivity index (χ4v) is 4.26. The van der Waals surface area contributed by atoms with Crippen LogP contribution >= 0.6 is 0 Å². The summed E-state index contributed by atoms with van der Waals surface area (Å²) in [6.07, 6.45) is 10.2. The van der Waals surface area contributed by atoms with Gasteiger partial charge in [-0.25, -0.2) is 0 Å². The lowest BCUT2D eigenvalue weighted by Crippen LogP contribution is -2.46. The average Bonchev–Trinajstić information content (AvgIpc) is 2.96. The van der Waals surface area contributed by atoms with E-state index in [1.54, 1.807) is 0 Å². The van der Waals surface area contributed by atoms with Gasteiger partial charge in [-0.05, 0) is 37.2 Å². The lowest BCUT2D eigenvalue weighted by atomic mass is 10.1. The molecule has 0 bridgehead atoms. The van der Waals surface area contributed by atoms with Gasteiger partial charge in [-0.1, -0.05) is 57.2 Å². The van der Waals surface area contributed by atoms with Gasteiger partial charge in [0.05, 0.1) is 5.56 Å². The van der Waals surface area contributed by atoms with Crippen molar-refractivity contribution in [3.63, 3.8) is 0 Å². The van der Waals surface area contributed by atoms with Crippen LogP contribution in [0, 0.1) is 0 Å². The molecule has 4 rings (SSSR count). The third-order valence-corrected chi connectivity index (χ3v) is 6.00. The minimum atomic E-state index is 0.823. The van der Waals surface area contributed by atoms with Crippen molar-refractivity contribution in [2.45, 2.75) is 45.4 Å². The Hall–Kier alpha value is -2.33. The summed E-state index contributed by atoms with van der Waals surface area (Å²) in [4.78, 5) is 9.79. The summed E-state index contributed by atoms with van der Waals surface area (Å²) in [5, 5.41) is 0. The second kappa shape index (κ2) is 9.93. The molecule has 2 aromatic carbocycles. The number of aliphatic imine (C=N–C) groups is 1. The summed E-state index contributed by atoms with van der Waals surface area (Å²) in [5.41, 5.74) is 3.21. The van der Waals surface area contributed by atoms with Crippen LogP contribution in [0.4, 0.5) is 11.4 Å². The third kappa shape index (κ3) is 4.99. The largest absolute Gasteiger partial charge is 0.454 e. The van der Waals surface area contributed by atoms with E-state index < -0.39 is 0 Å². The molecule has 0 saturated carbocycles. The van der Waals surface area contributed by atoms with Crippen molar-refractivity contribution < 1.29 is 4.74 Å². The Morgan fingerprint density at radius 2 is 1.59 bits per heavy atom. The van der Waals surface area contributed by atoms with Crippen LogP contribution in [0.2, 0.25) is 0 Å². The summed E-state index contributed by atoms with van der Waals surface area (Å²) in [6.45, 7) is 7.92. The van der Waals surface area contributed by atoms with Crippen LogP contribution in [-0.2, 0) is 0 Å². The normalized spacial score (nSPS) is 16.1. The molecule has 1 saturated heterocycles. The Balaban J connectivity index is 1.35. The number of piperazine rings is 1. The number of anilines is 1. The molecule has 0 amide bonds. The summed E-state index contributed by atoms with van der Waals surface area (Å²) in [5.74, 6) is 1.72. The molecule has 1 fully saturated rings. The van der Waals surface area contributed by atoms with E-state index in [0.29, 0.717) is 0 Å². The van der Waals surface area contributed by atoms with Gasteiger partial charge >= 0.3 is 0 Å². The number of benzene rings is 2. The quantitative estimate of drug-likeness (QED) is 0.439. The first-order valence-corrected chi connectivity index (χ1v) is 11.3. The molecule has 0 aromatic heterocycles. The standard InChI is InChI=1S/C25H33N3O/c1-2-3-4-5-6-9-15-27-16-18-28(19-17-27)23-12-10-14-24-21(23)20-26-22-11-7-8-13-25(22)29-24/h7-8,10-14,20H,2-6,9,15-19H2,1H3. The predicted octanol–water partition coefficient (Wildman–Crippen LogP) is 6.03. The van der Waals surface area contributed by atoms with Gasteiger partial charge in [0.25, 0.3) is 0 Å². The maximum Gasteiger partial charge on any atom is 0.153 e. The van der Waals surface area contributed by atoms with Crippen LogP contribution in [-0.4, -0.2) is 43.8 Å². The highest BCUT2D eigenvalue weighted by molar-refractivity contribution is 5.94. The van der Waals surface area contributed by atoms with Crippen LogP contribution in [0.3, 0.4) is 0 Å². The van der Waals surface area contributed by atoms with Crippen molar-refractivity contribution in [1.82, 2.24) is 4.90 Å². The van der Waals surface area contributed by atoms with E-state index in [4.69, 9.17) is 4.74 Å². The molecule has 2 aliphatic rings. The first-order chi connectivity index (χ1) is 14.3. The van der Waals surface area contributed by atoms with E-state index in [1.807, 2.05) is 36.5 Å². The second-order valence-corrected chi connectivity index (χ2v) is 8.11. The van der Waals surface area contributed by atoms with E-state index in [0.717, 1.165) is 48.9 Å². The lowest BCUT2D eigenvalue weighted by molar-refractivity contribution is 0.252. The predicted molar refractivity (Wildman–Crippen MR) is 122 cm³/mol. The van der Waals surface area contributed by atoms with Gasteiger partial charge in [-0.2, -0.15) is 0 Å². The van der Waals surface area contributed by atoms with E-state index >= 15 is 0 Å². The molecule has 154 valence electrons. The fraction of sp³-hybridized carbons (Fsp3) is 0.480. The Morgan fingerprint density at radius 1 is 0.828 bits per heavy atom. The van der Waals surface area contributed by atoms with Crippen LogP contribution in [0.15, 0.2) is 47.5 Å². The summed E-state index contributed by atoms with van der Waals surface area (Å²) >= 11 is 0. The topological polar surface area (TPSA) is 28.1 Å². The maximum absolute atomic E-state index is 6.19. The smallest absolute Gasteiger partial charge is 0.153 e. The lowest BCUT2D eigenvalue weighted by Gasteiger charge is -2.37. The second-order valence-electron chi connectivity index (χ2n) is 8.11. The Bertz CT molecular complexity index is 825. The average molecular weight is 392 g/mol. The van der Waals surface area contributed by atoms with Gasteiger partial charge in [0, 0.05) is 38.1 Å². The van der Waals surface area contributed by atoms with Gasteiger partial charge in [0.1, 0.15) is 11.4 Å². The number of hydrogen-bond donors (Lipinski definition) is 0. The van der Waals surface area contributed by atoms with Crippen molar-refractivity contribution >= 4 is 17.6 Å². The van der Waals surface area contributed by atoms with Gasteiger partial charge < -0.3 is 9.64 Å². The minimum Gasteiger partial charge on any atom is -0.454 e. The molecule has 0 spiro atoms. The Kier molecular flexibility index (Phi) is 6.83. The van der Waals surface area contributed by atoms with E-state index in [2.05, 4.69) is 33.8 Å². The van der Waals surface area contributed by atoms with E-state index in [-0.39, 0.29) is 0 Å². The van der Waals surface area contributed by atoms with Crippen molar-refractivity contribution in [3.8, 4) is 11.5 Å². The number of hydrogen-bond acceptors (Lipinski definition) is 4. The number of unbranched alkanes of at least 4 members (excludes halogenated alkanes) is 5. The molecular formula is C25H33N3O. The Morgan fingerprint density at radius 3 is 2.45 bits per heavy atom. The maximum atomic E-state index is 6.19. The molecule has 2 aliphatic heterocycles.